The summed E-state index contributed by atoms with van der Waals surface area (Å²) in [6.07, 6.45) is 0. The summed E-state index contributed by atoms with van der Waals surface area (Å²) in [6, 6.07) is 4.59. The Morgan fingerprint density at radius 3 is 2.40 bits per heavy atom. The molecule has 5 N–H and O–H groups in total. The summed E-state index contributed by atoms with van der Waals surface area (Å²) < 4.78 is 22.9. The molecular weight excluding hydrogens is 278 g/mol. The van der Waals surface area contributed by atoms with Crippen molar-refractivity contribution in [2.75, 3.05) is 11.9 Å². The van der Waals surface area contributed by atoms with E-state index in [4.69, 9.17) is 10.9 Å². The number of anilines is 1. The Labute approximate surface area is 119 Å². The Balaban J connectivity index is 3.03. The molecule has 0 aliphatic rings. The van der Waals surface area contributed by atoms with Crippen LogP contribution in [0.15, 0.2) is 23.1 Å². The van der Waals surface area contributed by atoms with Gasteiger partial charge in [-0.2, -0.15) is 0 Å². The van der Waals surface area contributed by atoms with Gasteiger partial charge in [0.25, 0.3) is 0 Å². The lowest BCUT2D eigenvalue weighted by molar-refractivity contribution is -0.120. The quantitative estimate of drug-likeness (QED) is 0.746. The molecular formula is C13H21N3O3S. The van der Waals surface area contributed by atoms with Gasteiger partial charge in [-0.3, -0.25) is 4.79 Å². The highest BCUT2D eigenvalue weighted by Gasteiger charge is 2.21. The number of hydrogen-bond acceptors (Lipinski definition) is 4. The normalized spacial score (nSPS) is 13.3. The molecule has 6 nitrogen and oxygen atoms in total. The summed E-state index contributed by atoms with van der Waals surface area (Å²) in [6.45, 7) is 5.68. The van der Waals surface area contributed by atoms with Crippen LogP contribution in [-0.4, -0.2) is 20.9 Å². The minimum absolute atomic E-state index is 0.00384. The average molecular weight is 299 g/mol. The average Bonchev–Trinajstić information content (AvgIpc) is 2.30. The lowest BCUT2D eigenvalue weighted by atomic mass is 9.95. The second-order valence-electron chi connectivity index (χ2n) is 5.10. The van der Waals surface area contributed by atoms with E-state index in [2.05, 4.69) is 5.32 Å². The van der Waals surface area contributed by atoms with Gasteiger partial charge in [0.05, 0.1) is 10.8 Å². The number of amides is 1. The van der Waals surface area contributed by atoms with Gasteiger partial charge in [-0.15, -0.1) is 0 Å². The van der Waals surface area contributed by atoms with E-state index in [0.717, 1.165) is 0 Å². The summed E-state index contributed by atoms with van der Waals surface area (Å²) in [7, 11) is -3.81. The van der Waals surface area contributed by atoms with E-state index >= 15 is 0 Å². The first-order valence-corrected chi connectivity index (χ1v) is 7.85. The molecule has 1 unspecified atom stereocenters. The number of benzene rings is 1. The summed E-state index contributed by atoms with van der Waals surface area (Å²) in [5.41, 5.74) is 6.50. The second-order valence-corrected chi connectivity index (χ2v) is 6.63. The molecule has 0 fully saturated rings. The minimum atomic E-state index is -3.81. The van der Waals surface area contributed by atoms with Crippen molar-refractivity contribution in [3.05, 3.63) is 23.8 Å². The molecule has 0 heterocycles. The number of primary sulfonamides is 1. The number of rotatable bonds is 5. The molecule has 1 atom stereocenters. The summed E-state index contributed by atoms with van der Waals surface area (Å²) in [4.78, 5) is 12.1. The Morgan fingerprint density at radius 2 is 1.95 bits per heavy atom. The molecule has 0 aliphatic carbocycles. The van der Waals surface area contributed by atoms with Crippen molar-refractivity contribution in [2.45, 2.75) is 25.7 Å². The van der Waals surface area contributed by atoms with E-state index in [1.165, 1.54) is 6.07 Å². The zero-order chi connectivity index (χ0) is 15.5. The number of sulfonamides is 1. The van der Waals surface area contributed by atoms with Crippen molar-refractivity contribution in [1.82, 2.24) is 0 Å². The van der Waals surface area contributed by atoms with E-state index in [1.54, 1.807) is 19.1 Å². The Hall–Kier alpha value is -1.44. The van der Waals surface area contributed by atoms with Crippen LogP contribution in [0.3, 0.4) is 0 Å². The number of hydrogen-bond donors (Lipinski definition) is 3. The van der Waals surface area contributed by atoms with Crippen molar-refractivity contribution in [3.63, 3.8) is 0 Å². The van der Waals surface area contributed by atoms with Crippen LogP contribution in [0.1, 0.15) is 19.4 Å². The summed E-state index contributed by atoms with van der Waals surface area (Å²) in [5, 5.41) is 7.81. The van der Waals surface area contributed by atoms with Crippen molar-refractivity contribution in [2.24, 2.45) is 22.7 Å². The van der Waals surface area contributed by atoms with Crippen molar-refractivity contribution >= 4 is 21.6 Å². The third-order valence-corrected chi connectivity index (χ3v) is 4.21. The fourth-order valence-electron chi connectivity index (χ4n) is 1.90. The highest BCUT2D eigenvalue weighted by molar-refractivity contribution is 7.89. The van der Waals surface area contributed by atoms with Crippen molar-refractivity contribution < 1.29 is 13.2 Å². The number of aryl methyl sites for hydroxylation is 1. The van der Waals surface area contributed by atoms with Crippen LogP contribution >= 0.6 is 0 Å². The molecule has 1 aromatic carbocycles. The van der Waals surface area contributed by atoms with Gasteiger partial charge >= 0.3 is 0 Å². The van der Waals surface area contributed by atoms with Crippen LogP contribution < -0.4 is 16.2 Å². The van der Waals surface area contributed by atoms with Gasteiger partial charge in [-0.25, -0.2) is 13.6 Å². The predicted octanol–water partition coefficient (Wildman–Crippen LogP) is 0.812. The van der Waals surface area contributed by atoms with Crippen LogP contribution in [0.25, 0.3) is 0 Å². The number of carbonyl (C=O) groups is 1. The third-order valence-electron chi connectivity index (χ3n) is 3.16. The lowest BCUT2D eigenvalue weighted by Gasteiger charge is -2.18. The second kappa shape index (κ2) is 6.34. The molecule has 0 saturated heterocycles. The SMILES string of the molecule is Cc1ccc(NC(=O)C(CN)C(C)C)cc1S(N)(=O)=O. The molecule has 0 spiro atoms. The Morgan fingerprint density at radius 1 is 1.35 bits per heavy atom. The van der Waals surface area contributed by atoms with E-state index in [9.17, 15) is 13.2 Å². The first kappa shape index (κ1) is 16.6. The smallest absolute Gasteiger partial charge is 0.238 e. The lowest BCUT2D eigenvalue weighted by Crippen LogP contribution is -2.33. The predicted molar refractivity (Wildman–Crippen MR) is 78.6 cm³/mol. The van der Waals surface area contributed by atoms with Gasteiger partial charge in [0.1, 0.15) is 0 Å². The maximum Gasteiger partial charge on any atom is 0.238 e. The maximum absolute atomic E-state index is 12.1. The molecule has 7 heteroatoms. The number of nitrogens with one attached hydrogen (secondary N) is 1. The monoisotopic (exact) mass is 299 g/mol. The van der Waals surface area contributed by atoms with Gasteiger partial charge in [0.2, 0.25) is 15.9 Å². The standard InChI is InChI=1S/C13H21N3O3S/c1-8(2)11(7-14)13(17)16-10-5-4-9(3)12(6-10)20(15,18)19/h4-6,8,11H,7,14H2,1-3H3,(H,16,17)(H2,15,18,19). The molecule has 0 saturated carbocycles. The zero-order valence-corrected chi connectivity index (χ0v) is 12.7. The number of carbonyl (C=O) groups excluding carboxylic acids is 1. The van der Waals surface area contributed by atoms with Gasteiger partial charge in [-0.05, 0) is 30.5 Å². The fraction of sp³-hybridized carbons (Fsp3) is 0.462. The largest absolute Gasteiger partial charge is 0.330 e. The maximum atomic E-state index is 12.1. The van der Waals surface area contributed by atoms with E-state index in [-0.39, 0.29) is 29.2 Å². The van der Waals surface area contributed by atoms with Crippen LogP contribution in [0, 0.1) is 18.8 Å². The molecule has 1 amide bonds. The van der Waals surface area contributed by atoms with E-state index in [1.807, 2.05) is 13.8 Å². The minimum Gasteiger partial charge on any atom is -0.330 e. The van der Waals surface area contributed by atoms with E-state index in [0.29, 0.717) is 11.3 Å². The topological polar surface area (TPSA) is 115 Å². The first-order valence-electron chi connectivity index (χ1n) is 6.31. The highest BCUT2D eigenvalue weighted by atomic mass is 32.2. The molecule has 20 heavy (non-hydrogen) atoms. The van der Waals surface area contributed by atoms with Crippen LogP contribution in [0.2, 0.25) is 0 Å². The molecule has 0 bridgehead atoms. The zero-order valence-electron chi connectivity index (χ0n) is 11.9. The van der Waals surface area contributed by atoms with Crippen LogP contribution in [-0.2, 0) is 14.8 Å². The summed E-state index contributed by atoms with van der Waals surface area (Å²) >= 11 is 0. The molecule has 1 rings (SSSR count). The van der Waals surface area contributed by atoms with Crippen molar-refractivity contribution in [3.8, 4) is 0 Å². The van der Waals surface area contributed by atoms with Gasteiger partial charge < -0.3 is 11.1 Å². The third kappa shape index (κ3) is 4.03. The summed E-state index contributed by atoms with van der Waals surface area (Å²) in [5.74, 6) is -0.455. The Bertz CT molecular complexity index is 597. The molecule has 1 aromatic rings. The Kier molecular flexibility index (Phi) is 5.27. The van der Waals surface area contributed by atoms with Gasteiger partial charge in [-0.1, -0.05) is 19.9 Å². The van der Waals surface area contributed by atoms with Crippen molar-refractivity contribution in [1.29, 1.82) is 0 Å². The first-order chi connectivity index (χ1) is 9.16. The molecule has 0 radical (unpaired) electrons. The van der Waals surface area contributed by atoms with Gasteiger partial charge in [0.15, 0.2) is 0 Å². The fourth-order valence-corrected chi connectivity index (χ4v) is 2.71. The number of nitrogens with two attached hydrogens (primary N) is 2. The highest BCUT2D eigenvalue weighted by Crippen LogP contribution is 2.20. The molecule has 0 aromatic heterocycles. The van der Waals surface area contributed by atoms with Gasteiger partial charge in [0, 0.05) is 12.2 Å². The molecule has 0 aliphatic heterocycles. The molecule has 112 valence electrons. The van der Waals surface area contributed by atoms with Crippen LogP contribution in [0.4, 0.5) is 5.69 Å². The van der Waals surface area contributed by atoms with Crippen LogP contribution in [0.5, 0.6) is 0 Å². The van der Waals surface area contributed by atoms with E-state index < -0.39 is 10.0 Å².